The lowest BCUT2D eigenvalue weighted by atomic mass is 10.0. The zero-order valence-corrected chi connectivity index (χ0v) is 16.5. The molecular weight excluding hydrogens is 312 g/mol. The predicted octanol–water partition coefficient (Wildman–Crippen LogP) is 4.99. The molecule has 0 aliphatic carbocycles. The molecule has 0 amide bonds. The summed E-state index contributed by atoms with van der Waals surface area (Å²) < 4.78 is 2.35. The van der Waals surface area contributed by atoms with Crippen LogP contribution in [0.15, 0.2) is 24.3 Å². The van der Waals surface area contributed by atoms with Gasteiger partial charge in [-0.15, -0.1) is 0 Å². The Labute approximate surface area is 151 Å². The second-order valence-corrected chi connectivity index (χ2v) is 7.50. The van der Waals surface area contributed by atoms with Crippen molar-refractivity contribution < 1.29 is 4.58 Å². The van der Waals surface area contributed by atoms with Gasteiger partial charge in [-0.1, -0.05) is 48.0 Å². The highest BCUT2D eigenvalue weighted by Gasteiger charge is 2.33. The Morgan fingerprint density at radius 1 is 0.792 bits per heavy atom. The molecule has 0 atom stereocenters. The number of hydrogen-bond donors (Lipinski definition) is 1. The van der Waals surface area contributed by atoms with Crippen molar-refractivity contribution in [2.24, 2.45) is 0 Å². The van der Waals surface area contributed by atoms with Gasteiger partial charge in [-0.2, -0.15) is 0 Å². The number of benzene rings is 2. The molecule has 2 aromatic rings. The lowest BCUT2D eigenvalue weighted by molar-refractivity contribution is -0.426. The van der Waals surface area contributed by atoms with Crippen LogP contribution >= 0.6 is 12.6 Å². The summed E-state index contributed by atoms with van der Waals surface area (Å²) in [5, 5.41) is 1.03. The van der Waals surface area contributed by atoms with Gasteiger partial charge in [0.15, 0.2) is 0 Å². The van der Waals surface area contributed by atoms with Crippen LogP contribution in [0.2, 0.25) is 0 Å². The summed E-state index contributed by atoms with van der Waals surface area (Å²) >= 11 is 4.91. The van der Waals surface area contributed by atoms with E-state index in [-0.39, 0.29) is 0 Å². The van der Waals surface area contributed by atoms with Gasteiger partial charge in [-0.05, 0) is 63.8 Å². The Morgan fingerprint density at radius 3 is 1.75 bits per heavy atom. The van der Waals surface area contributed by atoms with Crippen molar-refractivity contribution in [1.29, 1.82) is 0 Å². The molecule has 0 saturated carbocycles. The first-order valence-electron chi connectivity index (χ1n) is 8.56. The minimum atomic E-state index is 0.969. The summed E-state index contributed by atoms with van der Waals surface area (Å²) in [5.74, 6) is 0. The fourth-order valence-corrected chi connectivity index (χ4v) is 4.57. The lowest BCUT2D eigenvalue weighted by Crippen LogP contribution is -2.26. The van der Waals surface area contributed by atoms with Crippen molar-refractivity contribution in [1.82, 2.24) is 0 Å². The lowest BCUT2D eigenvalue weighted by Gasteiger charge is -2.16. The monoisotopic (exact) mass is 339 g/mol. The highest BCUT2D eigenvalue weighted by Crippen LogP contribution is 2.32. The average Bonchev–Trinajstić information content (AvgIpc) is 2.79. The average molecular weight is 340 g/mol. The maximum Gasteiger partial charge on any atom is 0.315 e. The molecule has 2 aromatic carbocycles. The van der Waals surface area contributed by atoms with Crippen LogP contribution in [-0.2, 0) is 0 Å². The fraction of sp³-hybridized carbons (Fsp3) is 0.381. The fourth-order valence-electron chi connectivity index (χ4n) is 4.17. The molecule has 0 saturated heterocycles. The molecule has 0 fully saturated rings. The largest absolute Gasteiger partial charge is 0.315 e. The molecule has 1 heterocycles. The first-order valence-corrected chi connectivity index (χ1v) is 9.01. The first kappa shape index (κ1) is 17.1. The second kappa shape index (κ2) is 6.29. The second-order valence-electron chi connectivity index (χ2n) is 7.10. The van der Waals surface area contributed by atoms with E-state index in [0.717, 1.165) is 18.3 Å². The number of aryl methyl sites for hydroxylation is 6. The maximum absolute atomic E-state index is 4.91. The van der Waals surface area contributed by atoms with Gasteiger partial charge in [0.2, 0.25) is 0 Å². The third-order valence-electron chi connectivity index (χ3n) is 4.84. The van der Waals surface area contributed by atoms with Crippen molar-refractivity contribution >= 4 is 29.2 Å². The molecule has 0 radical (unpaired) electrons. The summed E-state index contributed by atoms with van der Waals surface area (Å²) in [6.07, 6.45) is 0. The first-order chi connectivity index (χ1) is 11.3. The van der Waals surface area contributed by atoms with Crippen LogP contribution in [-0.4, -0.2) is 22.8 Å². The Hall–Kier alpha value is -1.74. The molecule has 3 heteroatoms. The summed E-state index contributed by atoms with van der Waals surface area (Å²) in [7, 11) is 0. The van der Waals surface area contributed by atoms with E-state index in [1.54, 1.807) is 0 Å². The van der Waals surface area contributed by atoms with Gasteiger partial charge >= 0.3 is 5.17 Å². The Balaban J connectivity index is 2.12. The van der Waals surface area contributed by atoms with Gasteiger partial charge in [-0.3, -0.25) is 0 Å². The number of amidine groups is 1. The van der Waals surface area contributed by atoms with Crippen molar-refractivity contribution in [3.8, 4) is 0 Å². The van der Waals surface area contributed by atoms with Crippen molar-refractivity contribution in [2.75, 3.05) is 18.0 Å². The number of nitrogens with zero attached hydrogens (tertiary/aromatic N) is 2. The highest BCUT2D eigenvalue weighted by molar-refractivity contribution is 7.97. The smallest absolute Gasteiger partial charge is 0.217 e. The van der Waals surface area contributed by atoms with Crippen LogP contribution in [0.5, 0.6) is 0 Å². The van der Waals surface area contributed by atoms with Gasteiger partial charge in [0.25, 0.3) is 0 Å². The zero-order valence-electron chi connectivity index (χ0n) is 15.6. The van der Waals surface area contributed by atoms with E-state index < -0.39 is 0 Å². The number of rotatable bonds is 2. The molecule has 0 N–H and O–H groups in total. The maximum atomic E-state index is 4.91. The molecule has 2 nitrogen and oxygen atoms in total. The van der Waals surface area contributed by atoms with Gasteiger partial charge in [-0.25, -0.2) is 9.48 Å². The molecule has 0 aromatic heterocycles. The van der Waals surface area contributed by atoms with Crippen LogP contribution in [0, 0.1) is 41.5 Å². The molecule has 24 heavy (non-hydrogen) atoms. The van der Waals surface area contributed by atoms with Gasteiger partial charge < -0.3 is 0 Å². The molecule has 0 unspecified atom stereocenters. The van der Waals surface area contributed by atoms with Gasteiger partial charge in [0, 0.05) is 0 Å². The zero-order chi connectivity index (χ0) is 17.6. The van der Waals surface area contributed by atoms with E-state index >= 15 is 0 Å². The quantitative estimate of drug-likeness (QED) is 0.598. The van der Waals surface area contributed by atoms with Crippen LogP contribution < -0.4 is 4.90 Å². The van der Waals surface area contributed by atoms with Crippen LogP contribution in [0.25, 0.3) is 0 Å². The van der Waals surface area contributed by atoms with E-state index in [1.807, 2.05) is 0 Å². The van der Waals surface area contributed by atoms with Gasteiger partial charge in [0.05, 0.1) is 0 Å². The molecular formula is C21H27N2S+. The predicted molar refractivity (Wildman–Crippen MR) is 107 cm³/mol. The SMILES string of the molecule is Cc1cc(C)c(N2CC[N+](c3c(C)cc(C)cc3C)=C2S)c(C)c1. The van der Waals surface area contributed by atoms with Crippen molar-refractivity contribution in [2.45, 2.75) is 41.5 Å². The molecule has 0 bridgehead atoms. The third-order valence-corrected chi connectivity index (χ3v) is 5.32. The van der Waals surface area contributed by atoms with Crippen molar-refractivity contribution in [3.05, 3.63) is 57.6 Å². The summed E-state index contributed by atoms with van der Waals surface area (Å²) in [6, 6.07) is 9.03. The van der Waals surface area contributed by atoms with E-state index in [0.29, 0.717) is 0 Å². The molecule has 0 spiro atoms. The third kappa shape index (κ3) is 2.86. The van der Waals surface area contributed by atoms with E-state index in [2.05, 4.69) is 75.3 Å². The van der Waals surface area contributed by atoms with E-state index in [9.17, 15) is 0 Å². The number of hydrogen-bond acceptors (Lipinski definition) is 1. The van der Waals surface area contributed by atoms with E-state index in [4.69, 9.17) is 12.6 Å². The summed E-state index contributed by atoms with van der Waals surface area (Å²) in [4.78, 5) is 2.35. The molecule has 126 valence electrons. The minimum absolute atomic E-state index is 0.969. The summed E-state index contributed by atoms with van der Waals surface area (Å²) in [6.45, 7) is 15.0. The number of anilines is 1. The van der Waals surface area contributed by atoms with Crippen LogP contribution in [0.4, 0.5) is 11.4 Å². The Kier molecular flexibility index (Phi) is 4.48. The minimum Gasteiger partial charge on any atom is -0.217 e. The van der Waals surface area contributed by atoms with Gasteiger partial charge in [0.1, 0.15) is 24.5 Å². The summed E-state index contributed by atoms with van der Waals surface area (Å²) in [5.41, 5.74) is 10.5. The van der Waals surface area contributed by atoms with E-state index in [1.165, 1.54) is 44.8 Å². The molecule has 1 aliphatic heterocycles. The normalized spacial score (nSPS) is 14.7. The van der Waals surface area contributed by atoms with Crippen LogP contribution in [0.3, 0.4) is 0 Å². The molecule has 3 rings (SSSR count). The Bertz CT molecular complexity index is 803. The standard InChI is InChI=1S/C21H26N2S/c1-13-9-15(3)19(16(4)10-13)22-7-8-23(21(22)24)20-17(5)11-14(2)12-18(20)6/h9-12H,7-8H2,1-6H3/p+1. The number of thiol groups is 1. The highest BCUT2D eigenvalue weighted by atomic mass is 32.1. The topological polar surface area (TPSA) is 6.25 Å². The van der Waals surface area contributed by atoms with Crippen molar-refractivity contribution in [3.63, 3.8) is 0 Å². The van der Waals surface area contributed by atoms with Crippen LogP contribution in [0.1, 0.15) is 33.4 Å². The Morgan fingerprint density at radius 2 is 1.25 bits per heavy atom. The molecule has 1 aliphatic rings.